The van der Waals surface area contributed by atoms with Gasteiger partial charge < -0.3 is 16.0 Å². The number of hydrogen-bond acceptors (Lipinski definition) is 3. The van der Waals surface area contributed by atoms with Crippen LogP contribution in [-0.4, -0.2) is 46.7 Å². The maximum Gasteiger partial charge on any atom is 0.312 e. The molecule has 0 saturated carbocycles. The van der Waals surface area contributed by atoms with E-state index in [2.05, 4.69) is 46.7 Å². The van der Waals surface area contributed by atoms with Crippen LogP contribution in [0.2, 0.25) is 0 Å². The number of carbonyl (C=O) groups is 2. The maximum absolute atomic E-state index is 12.2. The van der Waals surface area contributed by atoms with Crippen LogP contribution in [0.3, 0.4) is 0 Å². The fraction of sp³-hybridized carbons (Fsp3) is 0.389. The Labute approximate surface area is 146 Å². The number of carbonyl (C=O) groups excluding carboxylic acids is 2. The van der Waals surface area contributed by atoms with Crippen molar-refractivity contribution >= 4 is 11.9 Å². The summed E-state index contributed by atoms with van der Waals surface area (Å²) in [5.74, 6) is 0.0879. The first-order valence-corrected chi connectivity index (χ1v) is 8.46. The molecule has 132 valence electrons. The predicted octanol–water partition coefficient (Wildman–Crippen LogP) is 1.76. The van der Waals surface area contributed by atoms with E-state index in [1.165, 1.54) is 5.56 Å². The van der Waals surface area contributed by atoms with Gasteiger partial charge in [0.15, 0.2) is 0 Å². The van der Waals surface area contributed by atoms with Crippen LogP contribution < -0.4 is 11.1 Å². The number of piperidine rings is 1. The van der Waals surface area contributed by atoms with Crippen molar-refractivity contribution in [1.82, 2.24) is 20.4 Å². The summed E-state index contributed by atoms with van der Waals surface area (Å²) in [5.41, 5.74) is 9.51. The van der Waals surface area contributed by atoms with E-state index in [0.29, 0.717) is 13.1 Å². The molecule has 1 aromatic carbocycles. The predicted molar refractivity (Wildman–Crippen MR) is 94.9 cm³/mol. The van der Waals surface area contributed by atoms with E-state index in [-0.39, 0.29) is 18.4 Å². The average Bonchev–Trinajstić information content (AvgIpc) is 3.10. The van der Waals surface area contributed by atoms with Crippen LogP contribution >= 0.6 is 0 Å². The van der Waals surface area contributed by atoms with Crippen molar-refractivity contribution < 1.29 is 9.59 Å². The minimum atomic E-state index is -0.683. The first kappa shape index (κ1) is 17.0. The number of hydrogen-bond donors (Lipinski definition) is 3. The molecule has 0 aliphatic carbocycles. The molecule has 3 amide bonds. The van der Waals surface area contributed by atoms with Crippen molar-refractivity contribution in [1.29, 1.82) is 0 Å². The van der Waals surface area contributed by atoms with Gasteiger partial charge in [0.05, 0.1) is 12.7 Å². The molecule has 7 heteroatoms. The topological polar surface area (TPSA) is 104 Å². The number of nitrogens with two attached hydrogens (primary N) is 1. The third-order valence-electron chi connectivity index (χ3n) is 4.63. The number of urea groups is 1. The molecule has 0 bridgehead atoms. The van der Waals surface area contributed by atoms with Crippen molar-refractivity contribution in [3.05, 3.63) is 41.7 Å². The van der Waals surface area contributed by atoms with Gasteiger partial charge in [-0.15, -0.1) is 0 Å². The SMILES string of the molecule is Cc1ccc(-c2cn[nH]c2[C@@H]2CCCN(C(=O)CNC(N)=O)C2)cc1. The highest BCUT2D eigenvalue weighted by molar-refractivity contribution is 5.83. The number of primary amides is 1. The number of rotatable bonds is 4. The summed E-state index contributed by atoms with van der Waals surface area (Å²) < 4.78 is 0. The molecule has 3 rings (SSSR count). The normalized spacial score (nSPS) is 17.3. The molecule has 4 N–H and O–H groups in total. The first-order chi connectivity index (χ1) is 12.0. The van der Waals surface area contributed by atoms with Crippen molar-refractivity contribution in [3.63, 3.8) is 0 Å². The van der Waals surface area contributed by atoms with Crippen LogP contribution in [0.4, 0.5) is 4.79 Å². The summed E-state index contributed by atoms with van der Waals surface area (Å²) >= 11 is 0. The Morgan fingerprint density at radius 2 is 2.12 bits per heavy atom. The van der Waals surface area contributed by atoms with Gasteiger partial charge in [0, 0.05) is 30.3 Å². The second kappa shape index (κ2) is 7.38. The van der Waals surface area contributed by atoms with Crippen LogP contribution in [0, 0.1) is 6.92 Å². The van der Waals surface area contributed by atoms with E-state index in [0.717, 1.165) is 29.7 Å². The highest BCUT2D eigenvalue weighted by atomic mass is 16.2. The quantitative estimate of drug-likeness (QED) is 0.789. The molecule has 2 aromatic rings. The largest absolute Gasteiger partial charge is 0.352 e. The Morgan fingerprint density at radius 1 is 1.36 bits per heavy atom. The zero-order valence-electron chi connectivity index (χ0n) is 14.3. The summed E-state index contributed by atoms with van der Waals surface area (Å²) in [7, 11) is 0. The van der Waals surface area contributed by atoms with Crippen molar-refractivity contribution in [2.45, 2.75) is 25.7 Å². The third-order valence-corrected chi connectivity index (χ3v) is 4.63. The van der Waals surface area contributed by atoms with Gasteiger partial charge >= 0.3 is 6.03 Å². The van der Waals surface area contributed by atoms with Crippen molar-refractivity contribution in [2.24, 2.45) is 5.73 Å². The summed E-state index contributed by atoms with van der Waals surface area (Å²) in [6, 6.07) is 7.66. The molecule has 1 aliphatic rings. The Morgan fingerprint density at radius 3 is 2.84 bits per heavy atom. The van der Waals surface area contributed by atoms with Gasteiger partial charge in [-0.2, -0.15) is 5.10 Å². The van der Waals surface area contributed by atoms with Gasteiger partial charge in [0.1, 0.15) is 0 Å². The zero-order chi connectivity index (χ0) is 17.8. The van der Waals surface area contributed by atoms with E-state index >= 15 is 0 Å². The average molecular weight is 341 g/mol. The van der Waals surface area contributed by atoms with E-state index in [1.54, 1.807) is 4.90 Å². The molecule has 1 aromatic heterocycles. The Bertz CT molecular complexity index is 753. The van der Waals surface area contributed by atoms with E-state index in [9.17, 15) is 9.59 Å². The number of aromatic amines is 1. The Kier molecular flexibility index (Phi) is 5.02. The van der Waals surface area contributed by atoms with Gasteiger partial charge in [-0.05, 0) is 25.3 Å². The minimum absolute atomic E-state index is 0.0597. The summed E-state index contributed by atoms with van der Waals surface area (Å²) in [6.45, 7) is 3.31. The molecule has 0 spiro atoms. The standard InChI is InChI=1S/C18H23N5O2/c1-12-4-6-13(7-5-12)15-9-21-22-17(15)14-3-2-8-23(11-14)16(24)10-20-18(19)25/h4-7,9,14H,2-3,8,10-11H2,1H3,(H,21,22)(H3,19,20,25)/t14-/m1/s1. The monoisotopic (exact) mass is 341 g/mol. The number of nitrogens with zero attached hydrogens (tertiary/aromatic N) is 2. The number of aromatic nitrogens is 2. The van der Waals surface area contributed by atoms with Crippen LogP contribution in [0.25, 0.3) is 11.1 Å². The summed E-state index contributed by atoms with van der Waals surface area (Å²) in [6.07, 6.45) is 3.75. The molecule has 1 aliphatic heterocycles. The Balaban J connectivity index is 1.74. The maximum atomic E-state index is 12.2. The number of H-pyrrole nitrogens is 1. The molecule has 2 heterocycles. The lowest BCUT2D eigenvalue weighted by Gasteiger charge is -2.32. The number of benzene rings is 1. The smallest absolute Gasteiger partial charge is 0.312 e. The minimum Gasteiger partial charge on any atom is -0.352 e. The first-order valence-electron chi connectivity index (χ1n) is 8.46. The number of likely N-dealkylation sites (tertiary alicyclic amines) is 1. The van der Waals surface area contributed by atoms with E-state index < -0.39 is 6.03 Å². The van der Waals surface area contributed by atoms with Gasteiger partial charge in [0.25, 0.3) is 0 Å². The lowest BCUT2D eigenvalue weighted by atomic mass is 9.90. The molecule has 7 nitrogen and oxygen atoms in total. The highest BCUT2D eigenvalue weighted by Gasteiger charge is 2.27. The number of nitrogens with one attached hydrogen (secondary N) is 2. The zero-order valence-corrected chi connectivity index (χ0v) is 14.3. The molecular weight excluding hydrogens is 318 g/mol. The van der Waals surface area contributed by atoms with Crippen molar-refractivity contribution in [3.8, 4) is 11.1 Å². The fourth-order valence-electron chi connectivity index (χ4n) is 3.28. The van der Waals surface area contributed by atoms with Crippen LogP contribution in [-0.2, 0) is 4.79 Å². The van der Waals surface area contributed by atoms with Gasteiger partial charge in [-0.25, -0.2) is 4.79 Å². The second-order valence-corrected chi connectivity index (χ2v) is 6.46. The van der Waals surface area contributed by atoms with Gasteiger partial charge in [-0.1, -0.05) is 29.8 Å². The summed E-state index contributed by atoms with van der Waals surface area (Å²) in [5, 5.41) is 9.71. The number of aryl methyl sites for hydroxylation is 1. The molecule has 25 heavy (non-hydrogen) atoms. The van der Waals surface area contributed by atoms with Gasteiger partial charge in [0.2, 0.25) is 5.91 Å². The third kappa shape index (κ3) is 3.99. The second-order valence-electron chi connectivity index (χ2n) is 6.46. The van der Waals surface area contributed by atoms with Crippen LogP contribution in [0.15, 0.2) is 30.5 Å². The molecule has 0 unspecified atom stereocenters. The lowest BCUT2D eigenvalue weighted by Crippen LogP contribution is -2.45. The number of amides is 3. The Hall–Kier alpha value is -2.83. The van der Waals surface area contributed by atoms with E-state index in [1.807, 2.05) is 6.20 Å². The molecule has 1 atom stereocenters. The van der Waals surface area contributed by atoms with Crippen LogP contribution in [0.5, 0.6) is 0 Å². The molecule has 1 saturated heterocycles. The molecule has 1 fully saturated rings. The van der Waals surface area contributed by atoms with Crippen molar-refractivity contribution in [2.75, 3.05) is 19.6 Å². The van der Waals surface area contributed by atoms with E-state index in [4.69, 9.17) is 5.73 Å². The van der Waals surface area contributed by atoms with Gasteiger partial charge in [-0.3, -0.25) is 9.89 Å². The molecule has 0 radical (unpaired) electrons. The molecular formula is C18H23N5O2. The lowest BCUT2D eigenvalue weighted by molar-refractivity contribution is -0.131. The van der Waals surface area contributed by atoms with Crippen LogP contribution in [0.1, 0.15) is 30.0 Å². The summed E-state index contributed by atoms with van der Waals surface area (Å²) in [4.78, 5) is 24.8. The highest BCUT2D eigenvalue weighted by Crippen LogP contribution is 2.33. The fourth-order valence-corrected chi connectivity index (χ4v) is 3.28.